The monoisotopic (exact) mass is 373 g/mol. The Morgan fingerprint density at radius 1 is 1.33 bits per heavy atom. The Balaban J connectivity index is 1.98. The number of fused-ring (bicyclic) bond motifs is 3. The molecule has 1 unspecified atom stereocenters. The van der Waals surface area contributed by atoms with Crippen molar-refractivity contribution in [2.75, 3.05) is 13.3 Å². The standard InChI is InChI=1S/C21H27NO5/c1-5-13(3)22-11-17-18(26-12-22)9-7-15-14(4)16(21(24)27-20(15)17)8-10-19(23)25-6-2/h7,9,13H,5-6,8,10-12H2,1-4H3. The lowest BCUT2D eigenvalue weighted by Gasteiger charge is -2.33. The van der Waals surface area contributed by atoms with Gasteiger partial charge in [0.25, 0.3) is 0 Å². The highest BCUT2D eigenvalue weighted by Gasteiger charge is 2.25. The summed E-state index contributed by atoms with van der Waals surface area (Å²) in [6.45, 7) is 9.53. The van der Waals surface area contributed by atoms with Crippen LogP contribution >= 0.6 is 0 Å². The van der Waals surface area contributed by atoms with Gasteiger partial charge in [0, 0.05) is 30.0 Å². The quantitative estimate of drug-likeness (QED) is 0.570. The van der Waals surface area contributed by atoms with Gasteiger partial charge in [0.2, 0.25) is 0 Å². The highest BCUT2D eigenvalue weighted by Crippen LogP contribution is 2.34. The molecule has 0 aliphatic carbocycles. The smallest absolute Gasteiger partial charge is 0.339 e. The van der Waals surface area contributed by atoms with E-state index in [2.05, 4.69) is 18.7 Å². The first-order chi connectivity index (χ1) is 13.0. The van der Waals surface area contributed by atoms with Gasteiger partial charge in [-0.15, -0.1) is 0 Å². The zero-order chi connectivity index (χ0) is 19.6. The maximum Gasteiger partial charge on any atom is 0.339 e. The van der Waals surface area contributed by atoms with Crippen LogP contribution in [0, 0.1) is 6.92 Å². The van der Waals surface area contributed by atoms with Crippen molar-refractivity contribution >= 4 is 16.9 Å². The van der Waals surface area contributed by atoms with Gasteiger partial charge in [-0.05, 0) is 51.3 Å². The Morgan fingerprint density at radius 3 is 2.81 bits per heavy atom. The van der Waals surface area contributed by atoms with E-state index in [1.807, 2.05) is 19.1 Å². The van der Waals surface area contributed by atoms with E-state index in [1.165, 1.54) is 0 Å². The first-order valence-corrected chi connectivity index (χ1v) is 9.56. The van der Waals surface area contributed by atoms with Gasteiger partial charge in [0.1, 0.15) is 18.1 Å². The number of ether oxygens (including phenoxy) is 2. The van der Waals surface area contributed by atoms with Crippen LogP contribution in [0.3, 0.4) is 0 Å². The number of esters is 1. The lowest BCUT2D eigenvalue weighted by Crippen LogP contribution is -2.38. The molecule has 0 fully saturated rings. The predicted molar refractivity (Wildman–Crippen MR) is 103 cm³/mol. The summed E-state index contributed by atoms with van der Waals surface area (Å²) >= 11 is 0. The first-order valence-electron chi connectivity index (χ1n) is 9.56. The number of hydrogen-bond donors (Lipinski definition) is 0. The molecule has 3 rings (SSSR count). The van der Waals surface area contributed by atoms with Gasteiger partial charge in [0.15, 0.2) is 0 Å². The van der Waals surface area contributed by atoms with Crippen molar-refractivity contribution in [3.8, 4) is 5.75 Å². The van der Waals surface area contributed by atoms with Gasteiger partial charge in [-0.1, -0.05) is 6.92 Å². The summed E-state index contributed by atoms with van der Waals surface area (Å²) in [5.41, 5.74) is 2.50. The van der Waals surface area contributed by atoms with E-state index in [-0.39, 0.29) is 12.4 Å². The molecule has 0 saturated carbocycles. The number of hydrogen-bond acceptors (Lipinski definition) is 6. The molecule has 0 N–H and O–H groups in total. The molecule has 1 aromatic heterocycles. The highest BCUT2D eigenvalue weighted by atomic mass is 16.5. The fraction of sp³-hybridized carbons (Fsp3) is 0.524. The Bertz CT molecular complexity index is 902. The molecule has 0 bridgehead atoms. The fourth-order valence-corrected chi connectivity index (χ4v) is 3.47. The van der Waals surface area contributed by atoms with E-state index >= 15 is 0 Å². The number of benzene rings is 1. The molecule has 6 nitrogen and oxygen atoms in total. The number of nitrogens with zero attached hydrogens (tertiary/aromatic N) is 1. The van der Waals surface area contributed by atoms with Crippen LogP contribution in [0.5, 0.6) is 5.75 Å². The van der Waals surface area contributed by atoms with Gasteiger partial charge < -0.3 is 13.9 Å². The molecule has 2 heterocycles. The van der Waals surface area contributed by atoms with Gasteiger partial charge in [-0.25, -0.2) is 4.79 Å². The predicted octanol–water partition coefficient (Wildman–Crippen LogP) is 3.55. The number of aryl methyl sites for hydroxylation is 1. The second-order valence-electron chi connectivity index (χ2n) is 6.99. The summed E-state index contributed by atoms with van der Waals surface area (Å²) in [6.07, 6.45) is 1.50. The van der Waals surface area contributed by atoms with Crippen molar-refractivity contribution in [3.05, 3.63) is 39.2 Å². The van der Waals surface area contributed by atoms with Crippen LogP contribution in [-0.4, -0.2) is 30.2 Å². The van der Waals surface area contributed by atoms with Crippen LogP contribution in [0.25, 0.3) is 11.0 Å². The Hall–Kier alpha value is -2.34. The zero-order valence-corrected chi connectivity index (χ0v) is 16.5. The Morgan fingerprint density at radius 2 is 2.11 bits per heavy atom. The molecule has 0 radical (unpaired) electrons. The third kappa shape index (κ3) is 3.86. The zero-order valence-electron chi connectivity index (χ0n) is 16.5. The maximum atomic E-state index is 12.6. The van der Waals surface area contributed by atoms with Crippen molar-refractivity contribution in [2.45, 2.75) is 59.5 Å². The molecular formula is C21H27NO5. The van der Waals surface area contributed by atoms with Crippen molar-refractivity contribution in [1.29, 1.82) is 0 Å². The molecule has 0 saturated heterocycles. The molecule has 1 aromatic carbocycles. The second-order valence-corrected chi connectivity index (χ2v) is 6.99. The molecule has 0 amide bonds. The van der Waals surface area contributed by atoms with Crippen LogP contribution in [0.1, 0.15) is 50.3 Å². The first kappa shape index (κ1) is 19.4. The van der Waals surface area contributed by atoms with E-state index in [0.29, 0.717) is 43.5 Å². The Kier molecular flexibility index (Phi) is 5.85. The molecule has 1 aliphatic rings. The number of carbonyl (C=O) groups is 1. The summed E-state index contributed by atoms with van der Waals surface area (Å²) in [5.74, 6) is 0.461. The van der Waals surface area contributed by atoms with Gasteiger partial charge in [0.05, 0.1) is 12.2 Å². The van der Waals surface area contributed by atoms with Crippen LogP contribution in [0.15, 0.2) is 21.3 Å². The molecule has 6 heteroatoms. The minimum atomic E-state index is -0.390. The van der Waals surface area contributed by atoms with Crippen molar-refractivity contribution in [3.63, 3.8) is 0 Å². The van der Waals surface area contributed by atoms with E-state index in [0.717, 1.165) is 28.7 Å². The van der Waals surface area contributed by atoms with E-state index < -0.39 is 5.63 Å². The molecule has 2 aromatic rings. The summed E-state index contributed by atoms with van der Waals surface area (Å²) in [5, 5.41) is 0.891. The van der Waals surface area contributed by atoms with Gasteiger partial charge in [-0.3, -0.25) is 9.69 Å². The summed E-state index contributed by atoms with van der Waals surface area (Å²) < 4.78 is 16.6. The Labute approximate surface area is 159 Å². The number of rotatable bonds is 6. The van der Waals surface area contributed by atoms with Crippen molar-refractivity contribution < 1.29 is 18.7 Å². The van der Waals surface area contributed by atoms with Crippen molar-refractivity contribution in [1.82, 2.24) is 4.90 Å². The minimum absolute atomic E-state index is 0.167. The molecule has 0 spiro atoms. The second kappa shape index (κ2) is 8.13. The molecule has 146 valence electrons. The largest absolute Gasteiger partial charge is 0.478 e. The average Bonchev–Trinajstić information content (AvgIpc) is 2.66. The summed E-state index contributed by atoms with van der Waals surface area (Å²) in [7, 11) is 0. The highest BCUT2D eigenvalue weighted by molar-refractivity contribution is 5.86. The van der Waals surface area contributed by atoms with Gasteiger partial charge >= 0.3 is 11.6 Å². The van der Waals surface area contributed by atoms with E-state index in [9.17, 15) is 9.59 Å². The topological polar surface area (TPSA) is 69.0 Å². The van der Waals surface area contributed by atoms with Crippen LogP contribution in [0.4, 0.5) is 0 Å². The molecule has 1 atom stereocenters. The van der Waals surface area contributed by atoms with Crippen LogP contribution in [0.2, 0.25) is 0 Å². The van der Waals surface area contributed by atoms with E-state index in [1.54, 1.807) is 6.92 Å². The maximum absolute atomic E-state index is 12.6. The summed E-state index contributed by atoms with van der Waals surface area (Å²) in [6, 6.07) is 4.25. The van der Waals surface area contributed by atoms with Crippen LogP contribution < -0.4 is 10.4 Å². The lowest BCUT2D eigenvalue weighted by molar-refractivity contribution is -0.143. The molecule has 1 aliphatic heterocycles. The lowest BCUT2D eigenvalue weighted by atomic mass is 9.99. The minimum Gasteiger partial charge on any atom is -0.478 e. The van der Waals surface area contributed by atoms with E-state index in [4.69, 9.17) is 13.9 Å². The number of carbonyl (C=O) groups excluding carboxylic acids is 1. The third-order valence-electron chi connectivity index (χ3n) is 5.36. The van der Waals surface area contributed by atoms with Crippen LogP contribution in [-0.2, 0) is 22.5 Å². The van der Waals surface area contributed by atoms with Gasteiger partial charge in [-0.2, -0.15) is 0 Å². The SMILES string of the molecule is CCOC(=O)CCc1c(C)c2ccc3c(c2oc1=O)CN(C(C)CC)CO3. The third-order valence-corrected chi connectivity index (χ3v) is 5.36. The molecule has 27 heavy (non-hydrogen) atoms. The fourth-order valence-electron chi connectivity index (χ4n) is 3.47. The summed E-state index contributed by atoms with van der Waals surface area (Å²) in [4.78, 5) is 26.5. The molecular weight excluding hydrogens is 346 g/mol. The average molecular weight is 373 g/mol. The van der Waals surface area contributed by atoms with Crippen molar-refractivity contribution in [2.24, 2.45) is 0 Å². The normalized spacial score (nSPS) is 15.3.